The highest BCUT2D eigenvalue weighted by Gasteiger charge is 2.16. The van der Waals surface area contributed by atoms with Gasteiger partial charge in [0.15, 0.2) is 0 Å². The van der Waals surface area contributed by atoms with E-state index in [4.69, 9.17) is 9.47 Å². The van der Waals surface area contributed by atoms with Gasteiger partial charge in [-0.2, -0.15) is 0 Å². The molecule has 4 nitrogen and oxygen atoms in total. The number of hydrogen-bond donors (Lipinski definition) is 1. The Kier molecular flexibility index (Phi) is 17.0. The molecule has 0 aromatic heterocycles. The Hall–Kier alpha value is -2.04. The lowest BCUT2D eigenvalue weighted by Crippen LogP contribution is -2.29. The van der Waals surface area contributed by atoms with Crippen LogP contribution in [0.5, 0.6) is 0 Å². The van der Waals surface area contributed by atoms with Crippen LogP contribution in [0.1, 0.15) is 64.5 Å². The average Bonchev–Trinajstić information content (AvgIpc) is 2.92. The fraction of sp³-hybridized carbons (Fsp3) is 0.613. The summed E-state index contributed by atoms with van der Waals surface area (Å²) in [5.41, 5.74) is 5.16. The Morgan fingerprint density at radius 1 is 0.743 bits per heavy atom. The molecule has 4 rings (SSSR count). The minimum Gasteiger partial charge on any atom is -0.385 e. The molecule has 2 heterocycles. The summed E-state index contributed by atoms with van der Waals surface area (Å²) >= 11 is 0. The molecular formula is C31H52N2O2. The summed E-state index contributed by atoms with van der Waals surface area (Å²) in [6, 6.07) is 17.3. The van der Waals surface area contributed by atoms with E-state index in [0.717, 1.165) is 45.4 Å². The van der Waals surface area contributed by atoms with Crippen LogP contribution in [0.4, 0.5) is 11.4 Å². The van der Waals surface area contributed by atoms with Crippen molar-refractivity contribution in [3.8, 4) is 0 Å². The highest BCUT2D eigenvalue weighted by molar-refractivity contribution is 5.46. The molecule has 1 N–H and O–H groups in total. The van der Waals surface area contributed by atoms with Crippen molar-refractivity contribution in [2.45, 2.75) is 67.2 Å². The first-order valence-corrected chi connectivity index (χ1v) is 13.8. The van der Waals surface area contributed by atoms with Gasteiger partial charge in [0.1, 0.15) is 0 Å². The molecule has 0 radical (unpaired) electrons. The van der Waals surface area contributed by atoms with Crippen molar-refractivity contribution in [3.05, 3.63) is 59.7 Å². The molecule has 2 fully saturated rings. The molecule has 2 aromatic rings. The number of nitrogens with one attached hydrogen (secondary N) is 1. The van der Waals surface area contributed by atoms with Gasteiger partial charge >= 0.3 is 0 Å². The molecule has 2 saturated heterocycles. The van der Waals surface area contributed by atoms with Gasteiger partial charge in [0.05, 0.1) is 6.61 Å². The van der Waals surface area contributed by atoms with Crippen LogP contribution in [0.15, 0.2) is 48.5 Å². The second-order valence-corrected chi connectivity index (χ2v) is 9.10. The average molecular weight is 485 g/mol. The normalized spacial score (nSPS) is 17.4. The zero-order valence-electron chi connectivity index (χ0n) is 23.6. The standard InChI is InChI=1S/C14H21NO.C13H19NO.2C2H6/c1-12-3-5-14(6-4-12)15(2)11-13-7-9-16-10-8-13;1-11-4-6-13(7-5-11)14-9-12-3-2-8-15-10-12;2*1-2/h3-6,13H,7-11H2,1-2H3;4-7,12,14H,2-3,8-10H2,1H3;2*1-2H3. The third kappa shape index (κ3) is 13.0. The van der Waals surface area contributed by atoms with Gasteiger partial charge in [-0.3, -0.25) is 0 Å². The number of anilines is 2. The number of ether oxygens (including phenoxy) is 2. The van der Waals surface area contributed by atoms with Gasteiger partial charge in [-0.15, -0.1) is 0 Å². The molecule has 2 aliphatic rings. The Morgan fingerprint density at radius 2 is 1.31 bits per heavy atom. The SMILES string of the molecule is CC.CC.Cc1ccc(N(C)CC2CCOCC2)cc1.Cc1ccc(NCC2CCCOC2)cc1. The molecule has 0 aliphatic carbocycles. The summed E-state index contributed by atoms with van der Waals surface area (Å²) in [5, 5.41) is 3.46. The zero-order chi connectivity index (χ0) is 25.9. The minimum atomic E-state index is 0.681. The summed E-state index contributed by atoms with van der Waals surface area (Å²) in [5.74, 6) is 1.47. The van der Waals surface area contributed by atoms with E-state index in [2.05, 4.69) is 79.6 Å². The van der Waals surface area contributed by atoms with Gasteiger partial charge in [0.2, 0.25) is 0 Å². The summed E-state index contributed by atoms with van der Waals surface area (Å²) in [7, 11) is 2.18. The highest BCUT2D eigenvalue weighted by Crippen LogP contribution is 2.20. The molecule has 0 spiro atoms. The van der Waals surface area contributed by atoms with E-state index < -0.39 is 0 Å². The van der Waals surface area contributed by atoms with E-state index >= 15 is 0 Å². The van der Waals surface area contributed by atoms with Crippen LogP contribution in [0.3, 0.4) is 0 Å². The van der Waals surface area contributed by atoms with Gasteiger partial charge < -0.3 is 19.7 Å². The monoisotopic (exact) mass is 484 g/mol. The van der Waals surface area contributed by atoms with Crippen molar-refractivity contribution in [2.75, 3.05) is 56.8 Å². The van der Waals surface area contributed by atoms with Crippen molar-refractivity contribution < 1.29 is 9.47 Å². The number of aryl methyl sites for hydroxylation is 2. The molecule has 35 heavy (non-hydrogen) atoms. The predicted molar refractivity (Wildman–Crippen MR) is 154 cm³/mol. The number of rotatable bonds is 6. The van der Waals surface area contributed by atoms with Crippen LogP contribution < -0.4 is 10.2 Å². The van der Waals surface area contributed by atoms with Gasteiger partial charge in [0.25, 0.3) is 0 Å². The maximum atomic E-state index is 5.45. The van der Waals surface area contributed by atoms with Crippen molar-refractivity contribution in [2.24, 2.45) is 11.8 Å². The van der Waals surface area contributed by atoms with Crippen molar-refractivity contribution in [1.29, 1.82) is 0 Å². The lowest BCUT2D eigenvalue weighted by Gasteiger charge is -2.28. The van der Waals surface area contributed by atoms with Crippen molar-refractivity contribution in [3.63, 3.8) is 0 Å². The molecule has 0 bridgehead atoms. The summed E-state index contributed by atoms with van der Waals surface area (Å²) in [6.07, 6.45) is 4.91. The van der Waals surface area contributed by atoms with Crippen LogP contribution in [-0.4, -0.2) is 46.6 Å². The van der Waals surface area contributed by atoms with Crippen molar-refractivity contribution >= 4 is 11.4 Å². The van der Waals surface area contributed by atoms with Crippen LogP contribution in [0.2, 0.25) is 0 Å². The van der Waals surface area contributed by atoms with Gasteiger partial charge in [0, 0.05) is 51.3 Å². The molecule has 2 aromatic carbocycles. The molecule has 4 heteroatoms. The summed E-state index contributed by atoms with van der Waals surface area (Å²) < 4.78 is 10.8. The van der Waals surface area contributed by atoms with E-state index in [1.165, 1.54) is 48.2 Å². The first-order valence-electron chi connectivity index (χ1n) is 13.8. The lowest BCUT2D eigenvalue weighted by atomic mass is 9.99. The second kappa shape index (κ2) is 19.2. The molecule has 0 amide bonds. The Balaban J connectivity index is 0.000000307. The van der Waals surface area contributed by atoms with E-state index in [1.54, 1.807) is 0 Å². The zero-order valence-corrected chi connectivity index (χ0v) is 23.6. The number of hydrogen-bond acceptors (Lipinski definition) is 4. The molecule has 0 saturated carbocycles. The smallest absolute Gasteiger partial charge is 0.0511 e. The summed E-state index contributed by atoms with van der Waals surface area (Å²) in [4.78, 5) is 2.36. The van der Waals surface area contributed by atoms with Crippen LogP contribution in [0.25, 0.3) is 0 Å². The van der Waals surface area contributed by atoms with Gasteiger partial charge in [-0.05, 0) is 75.6 Å². The molecule has 1 atom stereocenters. The third-order valence-electron chi connectivity index (χ3n) is 6.25. The van der Waals surface area contributed by atoms with Crippen LogP contribution in [-0.2, 0) is 9.47 Å². The van der Waals surface area contributed by atoms with Gasteiger partial charge in [-0.25, -0.2) is 0 Å². The largest absolute Gasteiger partial charge is 0.385 e. The molecule has 2 aliphatic heterocycles. The minimum absolute atomic E-state index is 0.681. The van der Waals surface area contributed by atoms with E-state index in [9.17, 15) is 0 Å². The first kappa shape index (κ1) is 31.0. The fourth-order valence-corrected chi connectivity index (χ4v) is 4.12. The number of nitrogens with zero attached hydrogens (tertiary/aromatic N) is 1. The molecular weight excluding hydrogens is 432 g/mol. The Bertz CT molecular complexity index is 734. The fourth-order valence-electron chi connectivity index (χ4n) is 4.12. The Morgan fingerprint density at radius 3 is 1.86 bits per heavy atom. The number of benzene rings is 2. The Labute approximate surface area is 216 Å². The van der Waals surface area contributed by atoms with E-state index in [0.29, 0.717) is 5.92 Å². The quantitative estimate of drug-likeness (QED) is 0.454. The topological polar surface area (TPSA) is 33.7 Å². The van der Waals surface area contributed by atoms with Crippen molar-refractivity contribution in [1.82, 2.24) is 0 Å². The van der Waals surface area contributed by atoms with E-state index in [-0.39, 0.29) is 0 Å². The second-order valence-electron chi connectivity index (χ2n) is 9.10. The van der Waals surface area contributed by atoms with Crippen LogP contribution in [0, 0.1) is 25.7 Å². The third-order valence-corrected chi connectivity index (χ3v) is 6.25. The summed E-state index contributed by atoms with van der Waals surface area (Å²) in [6.45, 7) is 18.1. The first-order chi connectivity index (χ1) is 17.1. The van der Waals surface area contributed by atoms with E-state index in [1.807, 2.05) is 27.7 Å². The lowest BCUT2D eigenvalue weighted by molar-refractivity contribution is 0.0595. The molecule has 198 valence electrons. The maximum absolute atomic E-state index is 5.45. The predicted octanol–water partition coefficient (Wildman–Crippen LogP) is 7.74. The highest BCUT2D eigenvalue weighted by atomic mass is 16.5. The molecule has 1 unspecified atom stereocenters. The van der Waals surface area contributed by atoms with Gasteiger partial charge in [-0.1, -0.05) is 63.1 Å². The van der Waals surface area contributed by atoms with Crippen LogP contribution >= 0.6 is 0 Å². The maximum Gasteiger partial charge on any atom is 0.0511 e.